The van der Waals surface area contributed by atoms with Crippen LogP contribution in [0.2, 0.25) is 0 Å². The molecular weight excluding hydrogens is 416 g/mol. The van der Waals surface area contributed by atoms with Crippen LogP contribution >= 0.6 is 0 Å². The molecule has 1 fully saturated rings. The van der Waals surface area contributed by atoms with Gasteiger partial charge in [0.25, 0.3) is 0 Å². The Morgan fingerprint density at radius 1 is 0.480 bits per heavy atom. The molecule has 0 aromatic carbocycles. The number of epoxide rings is 1. The topological polar surface area (TPSA) is 12.5 Å². The zero-order chi connectivity index (χ0) is 20.7. The van der Waals surface area contributed by atoms with Crippen molar-refractivity contribution in [2.45, 2.75) is 47.8 Å². The van der Waals surface area contributed by atoms with Gasteiger partial charge in [0.1, 0.15) is 0 Å². The number of hydrogen-bond donors (Lipinski definition) is 0. The maximum Gasteiger partial charge on any atom is 0.460 e. The van der Waals surface area contributed by atoms with Crippen molar-refractivity contribution in [3.8, 4) is 0 Å². The predicted octanol–water partition coefficient (Wildman–Crippen LogP) is 5.01. The van der Waals surface area contributed by atoms with Crippen molar-refractivity contribution >= 4 is 0 Å². The minimum absolute atomic E-state index is 2.09. The van der Waals surface area contributed by atoms with Crippen LogP contribution in [0.4, 0.5) is 70.2 Å². The van der Waals surface area contributed by atoms with E-state index in [0.717, 1.165) is 0 Å². The molecule has 0 aliphatic carbocycles. The Bertz CT molecular complexity index is 545. The Kier molecular flexibility index (Phi) is 4.17. The van der Waals surface area contributed by atoms with Crippen molar-refractivity contribution in [2.75, 3.05) is 0 Å². The molecule has 1 nitrogen and oxygen atoms in total. The maximum absolute atomic E-state index is 12.9. The van der Waals surface area contributed by atoms with Gasteiger partial charge in [-0.2, -0.15) is 70.2 Å². The second-order valence-corrected chi connectivity index (χ2v) is 4.58. The summed E-state index contributed by atoms with van der Waals surface area (Å²) in [5.41, 5.74) is 0. The summed E-state index contributed by atoms with van der Waals surface area (Å²) in [6.07, 6.45) is -13.6. The van der Waals surface area contributed by atoms with Crippen molar-refractivity contribution in [3.05, 3.63) is 0 Å². The first kappa shape index (κ1) is 21.9. The molecule has 1 rings (SSSR count). The molecule has 0 spiro atoms. The molecule has 0 aromatic heterocycles. The van der Waals surface area contributed by atoms with Gasteiger partial charge in [-0.1, -0.05) is 0 Å². The zero-order valence-corrected chi connectivity index (χ0v) is 10.5. The Balaban J connectivity index is 3.50. The molecule has 1 aliphatic rings. The Morgan fingerprint density at radius 2 is 0.760 bits per heavy atom. The number of ether oxygens (including phenoxy) is 1. The minimum atomic E-state index is -8.36. The normalized spacial score (nSPS) is 25.9. The molecule has 0 bridgehead atoms. The smallest absolute Gasteiger partial charge is 0.265 e. The molecule has 25 heavy (non-hydrogen) atoms. The molecule has 1 saturated heterocycles. The molecule has 150 valence electrons. The quantitative estimate of drug-likeness (QED) is 0.454. The molecular formula is C8F16O. The first-order valence-corrected chi connectivity index (χ1v) is 5.18. The van der Waals surface area contributed by atoms with Gasteiger partial charge in [0.05, 0.1) is 0 Å². The highest BCUT2D eigenvalue weighted by Crippen LogP contribution is 2.68. The van der Waals surface area contributed by atoms with E-state index in [-0.39, 0.29) is 0 Å². The van der Waals surface area contributed by atoms with Crippen LogP contribution in [-0.2, 0) is 4.74 Å². The van der Waals surface area contributed by atoms with Crippen LogP contribution in [0.15, 0.2) is 0 Å². The van der Waals surface area contributed by atoms with Crippen molar-refractivity contribution < 1.29 is 75.0 Å². The molecule has 0 amide bonds. The fraction of sp³-hybridized carbons (Fsp3) is 1.00. The van der Waals surface area contributed by atoms with E-state index in [9.17, 15) is 70.2 Å². The lowest BCUT2D eigenvalue weighted by molar-refractivity contribution is -0.447. The van der Waals surface area contributed by atoms with E-state index in [0.29, 0.717) is 0 Å². The Labute approximate surface area is 124 Å². The minimum Gasteiger partial charge on any atom is -0.265 e. The van der Waals surface area contributed by atoms with Gasteiger partial charge in [0, 0.05) is 0 Å². The monoisotopic (exact) mass is 416 g/mol. The van der Waals surface area contributed by atoms with Crippen LogP contribution in [-0.4, -0.2) is 47.8 Å². The average molecular weight is 416 g/mol. The van der Waals surface area contributed by atoms with Crippen molar-refractivity contribution in [2.24, 2.45) is 0 Å². The molecule has 1 aliphatic heterocycles. The summed E-state index contributed by atoms with van der Waals surface area (Å²) >= 11 is 0. The van der Waals surface area contributed by atoms with E-state index < -0.39 is 47.8 Å². The second kappa shape index (κ2) is 4.76. The van der Waals surface area contributed by atoms with Gasteiger partial charge in [-0.05, 0) is 0 Å². The zero-order valence-electron chi connectivity index (χ0n) is 10.5. The summed E-state index contributed by atoms with van der Waals surface area (Å²) in [6.45, 7) is 0. The third-order valence-corrected chi connectivity index (χ3v) is 2.94. The highest BCUT2D eigenvalue weighted by molar-refractivity contribution is 5.18. The van der Waals surface area contributed by atoms with Crippen LogP contribution in [0, 0.1) is 0 Å². The van der Waals surface area contributed by atoms with Gasteiger partial charge in [0.2, 0.25) is 0 Å². The van der Waals surface area contributed by atoms with Crippen LogP contribution in [0.1, 0.15) is 0 Å². The summed E-state index contributed by atoms with van der Waals surface area (Å²) < 4.78 is 202. The molecule has 0 aromatic rings. The summed E-state index contributed by atoms with van der Waals surface area (Å²) in [6, 6.07) is 0. The van der Waals surface area contributed by atoms with Gasteiger partial charge in [-0.3, -0.25) is 4.74 Å². The fourth-order valence-electron chi connectivity index (χ4n) is 1.37. The van der Waals surface area contributed by atoms with Crippen molar-refractivity contribution in [1.82, 2.24) is 0 Å². The lowest BCUT2D eigenvalue weighted by atomic mass is 9.92. The fourth-order valence-corrected chi connectivity index (χ4v) is 1.37. The van der Waals surface area contributed by atoms with E-state index in [2.05, 4.69) is 4.74 Å². The van der Waals surface area contributed by atoms with Gasteiger partial charge in [0.15, 0.2) is 0 Å². The van der Waals surface area contributed by atoms with Crippen LogP contribution in [0.25, 0.3) is 0 Å². The van der Waals surface area contributed by atoms with E-state index in [1.165, 1.54) is 0 Å². The summed E-state index contributed by atoms with van der Waals surface area (Å²) in [5.74, 6) is -46.9. The lowest BCUT2D eigenvalue weighted by Crippen LogP contribution is -2.72. The summed E-state index contributed by atoms with van der Waals surface area (Å²) in [4.78, 5) is 0. The van der Waals surface area contributed by atoms with E-state index in [1.807, 2.05) is 0 Å². The Morgan fingerprint density at radius 3 is 1.00 bits per heavy atom. The van der Waals surface area contributed by atoms with Crippen molar-refractivity contribution in [3.63, 3.8) is 0 Å². The predicted molar refractivity (Wildman–Crippen MR) is 40.7 cm³/mol. The largest absolute Gasteiger partial charge is 0.460 e. The van der Waals surface area contributed by atoms with Gasteiger partial charge in [-0.25, -0.2) is 0 Å². The van der Waals surface area contributed by atoms with Gasteiger partial charge >= 0.3 is 47.8 Å². The van der Waals surface area contributed by atoms with Crippen LogP contribution in [0.3, 0.4) is 0 Å². The number of alkyl halides is 16. The Hall–Kier alpha value is -1.16. The standard InChI is InChI=1S/C8F16O/c9-1(10,3(13,14)5(17,18)7(20,21)22)2(11,12)4(15,16)6(19)8(23,24)25-6/t6-/m1/s1. The molecule has 0 saturated carbocycles. The third-order valence-electron chi connectivity index (χ3n) is 2.94. The van der Waals surface area contributed by atoms with Gasteiger partial charge < -0.3 is 0 Å². The number of rotatable bonds is 5. The molecule has 0 unspecified atom stereocenters. The highest BCUT2D eigenvalue weighted by Gasteiger charge is 3.00. The van der Waals surface area contributed by atoms with Crippen molar-refractivity contribution in [1.29, 1.82) is 0 Å². The van der Waals surface area contributed by atoms with Crippen LogP contribution < -0.4 is 0 Å². The summed E-state index contributed by atoms with van der Waals surface area (Å²) in [7, 11) is 0. The first-order chi connectivity index (χ1) is 10.5. The second-order valence-electron chi connectivity index (χ2n) is 4.58. The molecule has 0 radical (unpaired) electrons. The average Bonchev–Trinajstić information content (AvgIpc) is 2.87. The molecule has 0 N–H and O–H groups in total. The summed E-state index contributed by atoms with van der Waals surface area (Å²) in [5, 5.41) is 0. The number of hydrogen-bond acceptors (Lipinski definition) is 1. The van der Waals surface area contributed by atoms with Gasteiger partial charge in [-0.15, -0.1) is 0 Å². The molecule has 1 atom stereocenters. The first-order valence-electron chi connectivity index (χ1n) is 5.18. The highest BCUT2D eigenvalue weighted by atomic mass is 19.4. The van der Waals surface area contributed by atoms with E-state index >= 15 is 0 Å². The van der Waals surface area contributed by atoms with E-state index in [4.69, 9.17) is 0 Å². The third kappa shape index (κ3) is 2.29. The SMILES string of the molecule is FC(F)(F)C(F)(F)C(F)(F)C(F)(F)C(F)(F)C(F)(F)[C@@]1(F)OC1(F)F. The maximum atomic E-state index is 12.9. The molecule has 1 heterocycles. The molecule has 17 heteroatoms. The van der Waals surface area contributed by atoms with E-state index in [1.54, 1.807) is 0 Å². The lowest BCUT2D eigenvalue weighted by Gasteiger charge is -2.39. The number of halogens is 16. The van der Waals surface area contributed by atoms with Crippen LogP contribution in [0.5, 0.6) is 0 Å².